The number of amides is 3. The minimum Gasteiger partial charge on any atom is -0.337 e. The second-order valence-electron chi connectivity index (χ2n) is 9.70. The number of carbonyl (C=O) groups excluding carboxylic acids is 2. The molecule has 39 heavy (non-hydrogen) atoms. The van der Waals surface area contributed by atoms with Crippen molar-refractivity contribution in [3.8, 4) is 5.82 Å². The van der Waals surface area contributed by atoms with E-state index in [-0.39, 0.29) is 18.4 Å². The fourth-order valence-electron chi connectivity index (χ4n) is 5.21. The number of nitrogens with zero attached hydrogens (tertiary/aromatic N) is 6. The van der Waals surface area contributed by atoms with Gasteiger partial charge in [-0.2, -0.15) is 23.4 Å². The molecule has 7 rings (SSSR count). The van der Waals surface area contributed by atoms with Crippen molar-refractivity contribution in [2.45, 2.75) is 30.4 Å². The standard InChI is InChI=1S/C26H19F3N8O2/c27-26(28,29)15-3-4-22(31-11-15)37-21-7-13(1-2-14(21)10-33-37)16-8-17(16)18-9-20(35-36-6-5-30-23(18)36)19-12-32-25(39)34-24(19)38/h1-7,9-11,16-17,19H,8,12H2,(H2,32,34,38,39)/t16-,17+,19?/m1/s1. The average molecular weight is 532 g/mol. The van der Waals surface area contributed by atoms with Gasteiger partial charge in [0, 0.05) is 36.1 Å². The Hall–Kier alpha value is -4.81. The summed E-state index contributed by atoms with van der Waals surface area (Å²) in [6, 6.07) is 9.61. The number of benzene rings is 1. The van der Waals surface area contributed by atoms with Crippen LogP contribution in [0.3, 0.4) is 0 Å². The summed E-state index contributed by atoms with van der Waals surface area (Å²) in [5.41, 5.74) is 3.16. The largest absolute Gasteiger partial charge is 0.417 e. The Morgan fingerprint density at radius 1 is 1.00 bits per heavy atom. The van der Waals surface area contributed by atoms with Gasteiger partial charge in [-0.25, -0.2) is 24.0 Å². The van der Waals surface area contributed by atoms with Gasteiger partial charge in [0.15, 0.2) is 11.5 Å². The quantitative estimate of drug-likeness (QED) is 0.365. The van der Waals surface area contributed by atoms with Gasteiger partial charge < -0.3 is 5.32 Å². The molecule has 0 spiro atoms. The topological polar surface area (TPSA) is 119 Å². The third-order valence-corrected chi connectivity index (χ3v) is 7.29. The molecule has 10 nitrogen and oxygen atoms in total. The van der Waals surface area contributed by atoms with Gasteiger partial charge in [-0.3, -0.25) is 10.1 Å². The van der Waals surface area contributed by atoms with E-state index in [1.165, 1.54) is 10.7 Å². The number of fused-ring (bicyclic) bond motifs is 2. The average Bonchev–Trinajstić information content (AvgIpc) is 3.35. The van der Waals surface area contributed by atoms with E-state index in [1.54, 1.807) is 23.1 Å². The monoisotopic (exact) mass is 532 g/mol. The highest BCUT2D eigenvalue weighted by Gasteiger charge is 2.42. The first-order valence-corrected chi connectivity index (χ1v) is 12.2. The van der Waals surface area contributed by atoms with Crippen molar-refractivity contribution in [2.75, 3.05) is 6.54 Å². The maximum atomic E-state index is 13.0. The Labute approximate surface area is 217 Å². The summed E-state index contributed by atoms with van der Waals surface area (Å²) in [7, 11) is 0. The van der Waals surface area contributed by atoms with E-state index in [1.807, 2.05) is 24.3 Å². The minimum absolute atomic E-state index is 0.121. The lowest BCUT2D eigenvalue weighted by molar-refractivity contribution is -0.137. The van der Waals surface area contributed by atoms with Crippen LogP contribution in [0.2, 0.25) is 0 Å². The molecule has 1 aliphatic heterocycles. The van der Waals surface area contributed by atoms with Crippen molar-refractivity contribution >= 4 is 28.5 Å². The number of pyridine rings is 1. The minimum atomic E-state index is -4.46. The number of hydrogen-bond acceptors (Lipinski definition) is 6. The second-order valence-corrected chi connectivity index (χ2v) is 9.70. The fraction of sp³-hybridized carbons (Fsp3) is 0.231. The van der Waals surface area contributed by atoms with Crippen molar-refractivity contribution in [3.63, 3.8) is 0 Å². The van der Waals surface area contributed by atoms with Crippen LogP contribution in [0.25, 0.3) is 22.4 Å². The lowest BCUT2D eigenvalue weighted by Crippen LogP contribution is -2.51. The number of imide groups is 1. The van der Waals surface area contributed by atoms with E-state index in [9.17, 15) is 22.8 Å². The molecule has 1 aliphatic carbocycles. The third-order valence-electron chi connectivity index (χ3n) is 7.29. The Morgan fingerprint density at radius 2 is 1.87 bits per heavy atom. The molecule has 2 aliphatic rings. The first-order chi connectivity index (χ1) is 18.8. The molecule has 3 atom stereocenters. The van der Waals surface area contributed by atoms with E-state index in [2.05, 4.69) is 30.8 Å². The van der Waals surface area contributed by atoms with Crippen molar-refractivity contribution in [1.82, 2.24) is 40.0 Å². The van der Waals surface area contributed by atoms with E-state index in [0.29, 0.717) is 17.2 Å². The predicted octanol–water partition coefficient (Wildman–Crippen LogP) is 3.68. The number of rotatable bonds is 4. The normalized spacial score (nSPS) is 21.3. The third kappa shape index (κ3) is 3.97. The summed E-state index contributed by atoms with van der Waals surface area (Å²) in [4.78, 5) is 32.4. The van der Waals surface area contributed by atoms with Gasteiger partial charge >= 0.3 is 12.2 Å². The maximum Gasteiger partial charge on any atom is 0.417 e. The number of imidazole rings is 1. The molecule has 5 aromatic rings. The molecule has 0 radical (unpaired) electrons. The first kappa shape index (κ1) is 23.3. The summed E-state index contributed by atoms with van der Waals surface area (Å²) in [6.45, 7) is 0.157. The van der Waals surface area contributed by atoms with Gasteiger partial charge in [0.25, 0.3) is 0 Å². The Bertz CT molecular complexity index is 1780. The van der Waals surface area contributed by atoms with Crippen LogP contribution < -0.4 is 10.6 Å². The molecule has 1 saturated carbocycles. The molecule has 196 valence electrons. The molecule has 3 amide bonds. The van der Waals surface area contributed by atoms with E-state index >= 15 is 0 Å². The molecular weight excluding hydrogens is 513 g/mol. The SMILES string of the molecule is O=C1NCC(c2cc([C@H]3C[C@@H]3c3ccc4cnn(-c5ccc(C(F)(F)F)cn5)c4c3)c3nccn3n2)C(=O)N1. The smallest absolute Gasteiger partial charge is 0.337 e. The molecule has 0 bridgehead atoms. The van der Waals surface area contributed by atoms with E-state index in [4.69, 9.17) is 0 Å². The molecule has 2 fully saturated rings. The summed E-state index contributed by atoms with van der Waals surface area (Å²) < 4.78 is 42.1. The zero-order valence-electron chi connectivity index (χ0n) is 20.1. The molecule has 2 N–H and O–H groups in total. The van der Waals surface area contributed by atoms with Gasteiger partial charge in [-0.05, 0) is 48.1 Å². The number of urea groups is 1. The van der Waals surface area contributed by atoms with Crippen LogP contribution in [-0.4, -0.2) is 47.8 Å². The van der Waals surface area contributed by atoms with Gasteiger partial charge in [0.1, 0.15) is 0 Å². The lowest BCUT2D eigenvalue weighted by Gasteiger charge is -2.22. The van der Waals surface area contributed by atoms with Crippen LogP contribution in [0.4, 0.5) is 18.0 Å². The maximum absolute atomic E-state index is 13.0. The van der Waals surface area contributed by atoms with Crippen molar-refractivity contribution in [2.24, 2.45) is 0 Å². The summed E-state index contributed by atoms with van der Waals surface area (Å²) in [5, 5.41) is 14.7. The number of aromatic nitrogens is 6. The van der Waals surface area contributed by atoms with Crippen molar-refractivity contribution in [3.05, 3.63) is 83.6 Å². The summed E-state index contributed by atoms with van der Waals surface area (Å²) in [5.74, 6) is -0.449. The van der Waals surface area contributed by atoms with Gasteiger partial charge in [0.05, 0.1) is 28.9 Å². The van der Waals surface area contributed by atoms with Crippen LogP contribution in [0.1, 0.15) is 46.6 Å². The van der Waals surface area contributed by atoms with Gasteiger partial charge in [0.2, 0.25) is 5.91 Å². The Kier molecular flexibility index (Phi) is 4.99. The van der Waals surface area contributed by atoms with Crippen molar-refractivity contribution < 1.29 is 22.8 Å². The first-order valence-electron chi connectivity index (χ1n) is 12.2. The lowest BCUT2D eigenvalue weighted by atomic mass is 9.99. The number of nitrogens with one attached hydrogen (secondary N) is 2. The van der Waals surface area contributed by atoms with Crippen LogP contribution in [-0.2, 0) is 11.0 Å². The highest BCUT2D eigenvalue weighted by atomic mass is 19.4. The highest BCUT2D eigenvalue weighted by Crippen LogP contribution is 2.56. The number of halogens is 3. The molecule has 1 unspecified atom stereocenters. The highest BCUT2D eigenvalue weighted by molar-refractivity contribution is 6.00. The molecule has 13 heteroatoms. The van der Waals surface area contributed by atoms with E-state index in [0.717, 1.165) is 40.7 Å². The predicted molar refractivity (Wildman–Crippen MR) is 131 cm³/mol. The van der Waals surface area contributed by atoms with Crippen LogP contribution in [0, 0.1) is 0 Å². The summed E-state index contributed by atoms with van der Waals surface area (Å²) >= 11 is 0. The molecular formula is C26H19F3N8O2. The van der Waals surface area contributed by atoms with Gasteiger partial charge in [-0.15, -0.1) is 0 Å². The molecule has 5 heterocycles. The summed E-state index contributed by atoms with van der Waals surface area (Å²) in [6.07, 6.45) is 2.21. The second kappa shape index (κ2) is 8.35. The Morgan fingerprint density at radius 3 is 2.64 bits per heavy atom. The van der Waals surface area contributed by atoms with Crippen molar-refractivity contribution in [1.29, 1.82) is 0 Å². The van der Waals surface area contributed by atoms with Gasteiger partial charge in [-0.1, -0.05) is 12.1 Å². The zero-order valence-corrected chi connectivity index (χ0v) is 20.1. The molecule has 1 aromatic carbocycles. The number of hydrogen-bond donors (Lipinski definition) is 2. The molecule has 1 saturated heterocycles. The van der Waals surface area contributed by atoms with Crippen LogP contribution in [0.5, 0.6) is 0 Å². The zero-order chi connectivity index (χ0) is 26.9. The van der Waals surface area contributed by atoms with Crippen LogP contribution in [0.15, 0.2) is 61.2 Å². The molecule has 4 aromatic heterocycles. The van der Waals surface area contributed by atoms with E-state index < -0.39 is 29.6 Å². The number of alkyl halides is 3. The Balaban J connectivity index is 1.21. The van der Waals surface area contributed by atoms with Crippen LogP contribution >= 0.6 is 0 Å². The fourth-order valence-corrected chi connectivity index (χ4v) is 5.21. The number of carbonyl (C=O) groups is 2.